The molecule has 14 heavy (non-hydrogen) atoms. The Hall–Kier alpha value is -1.32. The molecule has 4 nitrogen and oxygen atoms in total. The highest BCUT2D eigenvalue weighted by Crippen LogP contribution is 2.32. The van der Waals surface area contributed by atoms with Gasteiger partial charge in [-0.2, -0.15) is 0 Å². The quantitative estimate of drug-likeness (QED) is 0.719. The first kappa shape index (κ1) is 9.24. The molecule has 0 saturated heterocycles. The van der Waals surface area contributed by atoms with Gasteiger partial charge in [0.05, 0.1) is 12.0 Å². The van der Waals surface area contributed by atoms with E-state index in [0.717, 1.165) is 12.1 Å². The lowest BCUT2D eigenvalue weighted by Crippen LogP contribution is -2.31. The number of carbonyl (C=O) groups excluding carboxylic acids is 1. The van der Waals surface area contributed by atoms with Gasteiger partial charge in [0, 0.05) is 12.6 Å². The molecule has 1 saturated carbocycles. The smallest absolute Gasteiger partial charge is 0.293 e. The lowest BCUT2D eigenvalue weighted by Gasteiger charge is -2.31. The fourth-order valence-electron chi connectivity index (χ4n) is 1.82. The van der Waals surface area contributed by atoms with Crippen molar-refractivity contribution in [1.82, 2.24) is 9.97 Å². The molecule has 1 unspecified atom stereocenters. The minimum absolute atomic E-state index is 0.0181. The third-order valence-corrected chi connectivity index (χ3v) is 2.87. The van der Waals surface area contributed by atoms with Gasteiger partial charge in [0.1, 0.15) is 6.10 Å². The number of aromatic amines is 1. The monoisotopic (exact) mass is 194 g/mol. The molecule has 0 bridgehead atoms. The fourth-order valence-corrected chi connectivity index (χ4v) is 1.82. The van der Waals surface area contributed by atoms with Crippen LogP contribution in [0.5, 0.6) is 0 Å². The normalized spacial score (nSPS) is 18.6. The molecular formula is C10H14N2O2. The molecule has 1 aromatic heterocycles. The summed E-state index contributed by atoms with van der Waals surface area (Å²) in [6, 6.07) is 0. The highest BCUT2D eigenvalue weighted by molar-refractivity contribution is 5.37. The number of rotatable bonds is 5. The van der Waals surface area contributed by atoms with E-state index in [4.69, 9.17) is 4.74 Å². The molecule has 1 aromatic rings. The summed E-state index contributed by atoms with van der Waals surface area (Å²) >= 11 is 0. The van der Waals surface area contributed by atoms with Crippen molar-refractivity contribution in [3.63, 3.8) is 0 Å². The predicted molar refractivity (Wildman–Crippen MR) is 50.6 cm³/mol. The highest BCUT2D eigenvalue weighted by Gasteiger charge is 2.29. The van der Waals surface area contributed by atoms with Crippen LogP contribution < -0.4 is 0 Å². The van der Waals surface area contributed by atoms with Crippen molar-refractivity contribution in [3.8, 4) is 0 Å². The summed E-state index contributed by atoms with van der Waals surface area (Å²) in [5, 5.41) is 0. The van der Waals surface area contributed by atoms with Crippen LogP contribution in [0.2, 0.25) is 0 Å². The Balaban J connectivity index is 1.92. The van der Waals surface area contributed by atoms with E-state index in [1.807, 2.05) is 6.20 Å². The summed E-state index contributed by atoms with van der Waals surface area (Å²) in [7, 11) is 0. The van der Waals surface area contributed by atoms with Gasteiger partial charge in [-0.3, -0.25) is 4.79 Å². The number of ether oxygens (including phenoxy) is 1. The molecule has 0 amide bonds. The van der Waals surface area contributed by atoms with E-state index < -0.39 is 0 Å². The van der Waals surface area contributed by atoms with E-state index in [2.05, 4.69) is 9.97 Å². The third-order valence-electron chi connectivity index (χ3n) is 2.87. The second-order valence-electron chi connectivity index (χ2n) is 3.73. The van der Waals surface area contributed by atoms with Crippen molar-refractivity contribution in [2.24, 2.45) is 5.92 Å². The molecular weight excluding hydrogens is 180 g/mol. The van der Waals surface area contributed by atoms with Gasteiger partial charge in [-0.1, -0.05) is 6.42 Å². The van der Waals surface area contributed by atoms with E-state index in [9.17, 15) is 4.79 Å². The van der Waals surface area contributed by atoms with E-state index in [-0.39, 0.29) is 6.10 Å². The number of nitrogens with zero attached hydrogens (tertiary/aromatic N) is 1. The Morgan fingerprint density at radius 2 is 2.57 bits per heavy atom. The van der Waals surface area contributed by atoms with Crippen molar-refractivity contribution in [2.75, 3.05) is 0 Å². The molecule has 1 heterocycles. The van der Waals surface area contributed by atoms with Crippen LogP contribution in [-0.4, -0.2) is 22.5 Å². The van der Waals surface area contributed by atoms with E-state index in [1.165, 1.54) is 19.3 Å². The SMILES string of the molecule is O=COC(Cc1c[nH]cn1)C1CCC1. The highest BCUT2D eigenvalue weighted by atomic mass is 16.5. The summed E-state index contributed by atoms with van der Waals surface area (Å²) in [6.07, 6.45) is 7.83. The average molecular weight is 194 g/mol. The molecule has 0 aliphatic heterocycles. The minimum Gasteiger partial charge on any atom is -0.464 e. The molecule has 1 N–H and O–H groups in total. The fraction of sp³-hybridized carbons (Fsp3) is 0.600. The van der Waals surface area contributed by atoms with Crippen LogP contribution in [0.3, 0.4) is 0 Å². The van der Waals surface area contributed by atoms with E-state index in [0.29, 0.717) is 12.4 Å². The van der Waals surface area contributed by atoms with Crippen molar-refractivity contribution in [1.29, 1.82) is 0 Å². The Morgan fingerprint density at radius 3 is 3.07 bits per heavy atom. The summed E-state index contributed by atoms with van der Waals surface area (Å²) < 4.78 is 5.08. The lowest BCUT2D eigenvalue weighted by atomic mass is 9.79. The Labute approximate surface area is 82.7 Å². The first-order valence-electron chi connectivity index (χ1n) is 4.97. The third kappa shape index (κ3) is 1.95. The van der Waals surface area contributed by atoms with Crippen molar-refractivity contribution in [3.05, 3.63) is 18.2 Å². The van der Waals surface area contributed by atoms with Gasteiger partial charge in [0.2, 0.25) is 0 Å². The lowest BCUT2D eigenvalue weighted by molar-refractivity contribution is -0.137. The zero-order chi connectivity index (χ0) is 9.80. The molecule has 76 valence electrons. The molecule has 4 heteroatoms. The standard InChI is InChI=1S/C10H14N2O2/c13-7-14-10(8-2-1-3-8)4-9-5-11-6-12-9/h5-8,10H,1-4H2,(H,11,12). The molecule has 0 aromatic carbocycles. The number of hydrogen-bond donors (Lipinski definition) is 1. The van der Waals surface area contributed by atoms with Crippen LogP contribution in [0.25, 0.3) is 0 Å². The van der Waals surface area contributed by atoms with Crippen LogP contribution in [0.1, 0.15) is 25.0 Å². The van der Waals surface area contributed by atoms with Gasteiger partial charge >= 0.3 is 0 Å². The minimum atomic E-state index is 0.0181. The number of H-pyrrole nitrogens is 1. The average Bonchev–Trinajstić information content (AvgIpc) is 2.54. The molecule has 0 radical (unpaired) electrons. The van der Waals surface area contributed by atoms with Gasteiger partial charge < -0.3 is 9.72 Å². The van der Waals surface area contributed by atoms with E-state index >= 15 is 0 Å². The second kappa shape index (κ2) is 4.26. The van der Waals surface area contributed by atoms with Gasteiger partial charge in [0.25, 0.3) is 6.47 Å². The zero-order valence-electron chi connectivity index (χ0n) is 7.98. The van der Waals surface area contributed by atoms with Crippen molar-refractivity contribution < 1.29 is 9.53 Å². The van der Waals surface area contributed by atoms with Crippen LogP contribution in [0, 0.1) is 5.92 Å². The molecule has 1 atom stereocenters. The zero-order valence-corrected chi connectivity index (χ0v) is 7.98. The van der Waals surface area contributed by atoms with Crippen LogP contribution >= 0.6 is 0 Å². The largest absolute Gasteiger partial charge is 0.464 e. The Kier molecular flexibility index (Phi) is 2.81. The maximum absolute atomic E-state index is 10.3. The van der Waals surface area contributed by atoms with Crippen LogP contribution in [0.4, 0.5) is 0 Å². The number of carbonyl (C=O) groups is 1. The molecule has 2 rings (SSSR count). The number of nitrogens with one attached hydrogen (secondary N) is 1. The van der Waals surface area contributed by atoms with Crippen LogP contribution in [0.15, 0.2) is 12.5 Å². The van der Waals surface area contributed by atoms with Gasteiger partial charge in [-0.25, -0.2) is 4.98 Å². The molecule has 0 spiro atoms. The number of aromatic nitrogens is 2. The number of hydrogen-bond acceptors (Lipinski definition) is 3. The van der Waals surface area contributed by atoms with Crippen molar-refractivity contribution in [2.45, 2.75) is 31.8 Å². The van der Waals surface area contributed by atoms with Gasteiger partial charge in [-0.15, -0.1) is 0 Å². The van der Waals surface area contributed by atoms with Gasteiger partial charge in [0.15, 0.2) is 0 Å². The van der Waals surface area contributed by atoms with Crippen molar-refractivity contribution >= 4 is 6.47 Å². The first-order chi connectivity index (χ1) is 6.90. The number of imidazole rings is 1. The topological polar surface area (TPSA) is 55.0 Å². The molecule has 1 aliphatic rings. The second-order valence-corrected chi connectivity index (χ2v) is 3.73. The summed E-state index contributed by atoms with van der Waals surface area (Å²) in [5.74, 6) is 0.539. The summed E-state index contributed by atoms with van der Waals surface area (Å²) in [5.41, 5.74) is 0.962. The Morgan fingerprint density at radius 1 is 1.71 bits per heavy atom. The Bertz CT molecular complexity index is 280. The maximum atomic E-state index is 10.3. The predicted octanol–water partition coefficient (Wildman–Crippen LogP) is 1.29. The molecule has 1 fully saturated rings. The summed E-state index contributed by atoms with van der Waals surface area (Å²) in [6.45, 7) is 0.551. The van der Waals surface area contributed by atoms with Crippen LogP contribution in [-0.2, 0) is 16.0 Å². The van der Waals surface area contributed by atoms with Gasteiger partial charge in [-0.05, 0) is 18.8 Å². The molecule has 1 aliphatic carbocycles. The maximum Gasteiger partial charge on any atom is 0.293 e. The van der Waals surface area contributed by atoms with E-state index in [1.54, 1.807) is 6.33 Å². The first-order valence-corrected chi connectivity index (χ1v) is 4.97. The summed E-state index contributed by atoms with van der Waals surface area (Å²) in [4.78, 5) is 17.4.